The standard InChI is InChI=1S/C10H11F2NO2/c1-3-15-10(14)8-4-7(9(11)12)6(2)5-13-8/h4-5,9H,3H2,1-2H3. The summed E-state index contributed by atoms with van der Waals surface area (Å²) in [5.41, 5.74) is 0.0869. The molecule has 1 aromatic heterocycles. The molecule has 0 aromatic carbocycles. The Balaban J connectivity index is 3.02. The third kappa shape index (κ3) is 2.71. The van der Waals surface area contributed by atoms with Gasteiger partial charge in [0.15, 0.2) is 0 Å². The average Bonchev–Trinajstić information content (AvgIpc) is 2.18. The molecule has 0 saturated carbocycles. The Labute approximate surface area is 86.1 Å². The van der Waals surface area contributed by atoms with Gasteiger partial charge < -0.3 is 4.74 Å². The molecule has 1 rings (SSSR count). The van der Waals surface area contributed by atoms with Gasteiger partial charge in [0.2, 0.25) is 0 Å². The van der Waals surface area contributed by atoms with Crippen LogP contribution >= 0.6 is 0 Å². The van der Waals surface area contributed by atoms with E-state index >= 15 is 0 Å². The summed E-state index contributed by atoms with van der Waals surface area (Å²) in [6, 6.07) is 1.07. The third-order valence-electron chi connectivity index (χ3n) is 1.86. The zero-order chi connectivity index (χ0) is 11.4. The number of hydrogen-bond donors (Lipinski definition) is 0. The van der Waals surface area contributed by atoms with Gasteiger partial charge in [-0.25, -0.2) is 18.6 Å². The molecule has 15 heavy (non-hydrogen) atoms. The van der Waals surface area contributed by atoms with Crippen molar-refractivity contribution in [1.29, 1.82) is 0 Å². The largest absolute Gasteiger partial charge is 0.461 e. The first-order chi connectivity index (χ1) is 7.06. The lowest BCUT2D eigenvalue weighted by atomic mass is 10.1. The fourth-order valence-electron chi connectivity index (χ4n) is 1.09. The Morgan fingerprint density at radius 1 is 1.60 bits per heavy atom. The summed E-state index contributed by atoms with van der Waals surface area (Å²) in [5.74, 6) is -0.681. The summed E-state index contributed by atoms with van der Waals surface area (Å²) < 4.78 is 29.6. The molecule has 0 aliphatic carbocycles. The molecule has 0 atom stereocenters. The molecule has 0 radical (unpaired) electrons. The van der Waals surface area contributed by atoms with Crippen LogP contribution < -0.4 is 0 Å². The first-order valence-corrected chi connectivity index (χ1v) is 4.48. The van der Waals surface area contributed by atoms with Crippen molar-refractivity contribution >= 4 is 5.97 Å². The SMILES string of the molecule is CCOC(=O)c1cc(C(F)F)c(C)cn1. The van der Waals surface area contributed by atoms with Crippen LogP contribution in [0.4, 0.5) is 8.78 Å². The Kier molecular flexibility index (Phi) is 3.71. The molecule has 82 valence electrons. The maximum Gasteiger partial charge on any atom is 0.356 e. The maximum absolute atomic E-state index is 12.5. The zero-order valence-corrected chi connectivity index (χ0v) is 8.46. The van der Waals surface area contributed by atoms with E-state index in [1.54, 1.807) is 6.92 Å². The average molecular weight is 215 g/mol. The highest BCUT2D eigenvalue weighted by molar-refractivity contribution is 5.87. The number of nitrogens with zero attached hydrogens (tertiary/aromatic N) is 1. The molecule has 1 aromatic rings. The normalized spacial score (nSPS) is 10.5. The Hall–Kier alpha value is -1.52. The van der Waals surface area contributed by atoms with Crippen molar-refractivity contribution in [2.45, 2.75) is 20.3 Å². The van der Waals surface area contributed by atoms with Crippen molar-refractivity contribution in [2.75, 3.05) is 6.61 Å². The van der Waals surface area contributed by atoms with Crippen LogP contribution in [0, 0.1) is 6.92 Å². The van der Waals surface area contributed by atoms with Crippen molar-refractivity contribution in [2.24, 2.45) is 0 Å². The van der Waals surface area contributed by atoms with E-state index < -0.39 is 12.4 Å². The summed E-state index contributed by atoms with van der Waals surface area (Å²) >= 11 is 0. The van der Waals surface area contributed by atoms with Crippen LogP contribution in [0.2, 0.25) is 0 Å². The van der Waals surface area contributed by atoms with Crippen molar-refractivity contribution < 1.29 is 18.3 Å². The monoisotopic (exact) mass is 215 g/mol. The second kappa shape index (κ2) is 4.82. The molecular formula is C10H11F2NO2. The number of carbonyl (C=O) groups excluding carboxylic acids is 1. The first kappa shape index (κ1) is 11.6. The molecule has 0 unspecified atom stereocenters. The highest BCUT2D eigenvalue weighted by Crippen LogP contribution is 2.22. The summed E-state index contributed by atoms with van der Waals surface area (Å²) in [7, 11) is 0. The van der Waals surface area contributed by atoms with Crippen LogP contribution in [-0.2, 0) is 4.74 Å². The van der Waals surface area contributed by atoms with E-state index in [9.17, 15) is 13.6 Å². The number of carbonyl (C=O) groups is 1. The lowest BCUT2D eigenvalue weighted by molar-refractivity contribution is 0.0519. The minimum atomic E-state index is -2.61. The summed E-state index contributed by atoms with van der Waals surface area (Å²) in [6.07, 6.45) is -1.37. The second-order valence-corrected chi connectivity index (χ2v) is 2.95. The predicted octanol–water partition coefficient (Wildman–Crippen LogP) is 2.50. The van der Waals surface area contributed by atoms with Gasteiger partial charge in [-0.2, -0.15) is 0 Å². The number of aromatic nitrogens is 1. The number of rotatable bonds is 3. The Morgan fingerprint density at radius 3 is 2.80 bits per heavy atom. The number of aryl methyl sites for hydroxylation is 1. The van der Waals surface area contributed by atoms with Crippen LogP contribution in [0.1, 0.15) is 35.0 Å². The van der Waals surface area contributed by atoms with Gasteiger partial charge in [0.25, 0.3) is 6.43 Å². The Bertz CT molecular complexity index is 366. The van der Waals surface area contributed by atoms with Gasteiger partial charge in [-0.3, -0.25) is 0 Å². The number of pyridine rings is 1. The van der Waals surface area contributed by atoms with Crippen molar-refractivity contribution in [3.05, 3.63) is 29.1 Å². The van der Waals surface area contributed by atoms with E-state index in [0.717, 1.165) is 6.07 Å². The molecular weight excluding hydrogens is 204 g/mol. The van der Waals surface area contributed by atoms with Crippen molar-refractivity contribution in [3.8, 4) is 0 Å². The fourth-order valence-corrected chi connectivity index (χ4v) is 1.09. The quantitative estimate of drug-likeness (QED) is 0.727. The van der Waals surface area contributed by atoms with E-state index in [2.05, 4.69) is 9.72 Å². The van der Waals surface area contributed by atoms with Gasteiger partial charge >= 0.3 is 5.97 Å². The van der Waals surface area contributed by atoms with Gasteiger partial charge in [0.05, 0.1) is 6.61 Å². The molecule has 0 spiro atoms. The highest BCUT2D eigenvalue weighted by atomic mass is 19.3. The molecule has 0 aliphatic heterocycles. The molecule has 0 N–H and O–H groups in total. The topological polar surface area (TPSA) is 39.2 Å². The maximum atomic E-state index is 12.5. The van der Waals surface area contributed by atoms with Crippen LogP contribution in [0.3, 0.4) is 0 Å². The van der Waals surface area contributed by atoms with Gasteiger partial charge in [0.1, 0.15) is 5.69 Å². The van der Waals surface area contributed by atoms with Gasteiger partial charge in [-0.15, -0.1) is 0 Å². The number of ether oxygens (including phenoxy) is 1. The van der Waals surface area contributed by atoms with Crippen LogP contribution in [0.15, 0.2) is 12.3 Å². The lowest BCUT2D eigenvalue weighted by Crippen LogP contribution is -2.08. The van der Waals surface area contributed by atoms with E-state index in [-0.39, 0.29) is 17.9 Å². The third-order valence-corrected chi connectivity index (χ3v) is 1.86. The predicted molar refractivity (Wildman–Crippen MR) is 49.9 cm³/mol. The van der Waals surface area contributed by atoms with Gasteiger partial charge in [0, 0.05) is 11.8 Å². The van der Waals surface area contributed by atoms with E-state index in [1.165, 1.54) is 13.1 Å². The van der Waals surface area contributed by atoms with Gasteiger partial charge in [-0.05, 0) is 25.5 Å². The summed E-state index contributed by atoms with van der Waals surface area (Å²) in [5, 5.41) is 0. The number of esters is 1. The molecule has 0 amide bonds. The lowest BCUT2D eigenvalue weighted by Gasteiger charge is -2.06. The summed E-state index contributed by atoms with van der Waals surface area (Å²) in [6.45, 7) is 3.35. The van der Waals surface area contributed by atoms with Crippen molar-refractivity contribution in [3.63, 3.8) is 0 Å². The molecule has 0 fully saturated rings. The smallest absolute Gasteiger partial charge is 0.356 e. The zero-order valence-electron chi connectivity index (χ0n) is 8.46. The van der Waals surface area contributed by atoms with E-state index in [0.29, 0.717) is 5.56 Å². The van der Waals surface area contributed by atoms with Crippen LogP contribution in [0.5, 0.6) is 0 Å². The molecule has 3 nitrogen and oxygen atoms in total. The second-order valence-electron chi connectivity index (χ2n) is 2.95. The minimum Gasteiger partial charge on any atom is -0.461 e. The van der Waals surface area contributed by atoms with Gasteiger partial charge in [-0.1, -0.05) is 0 Å². The molecule has 0 saturated heterocycles. The summed E-state index contributed by atoms with van der Waals surface area (Å²) in [4.78, 5) is 14.9. The molecule has 1 heterocycles. The van der Waals surface area contributed by atoms with Crippen LogP contribution in [-0.4, -0.2) is 17.6 Å². The molecule has 0 bridgehead atoms. The molecule has 5 heteroatoms. The van der Waals surface area contributed by atoms with Crippen LogP contribution in [0.25, 0.3) is 0 Å². The minimum absolute atomic E-state index is 0.0854. The number of hydrogen-bond acceptors (Lipinski definition) is 3. The van der Waals surface area contributed by atoms with E-state index in [1.807, 2.05) is 0 Å². The number of alkyl halides is 2. The van der Waals surface area contributed by atoms with Crippen molar-refractivity contribution in [1.82, 2.24) is 4.98 Å². The molecule has 0 aliphatic rings. The Morgan fingerprint density at radius 2 is 2.27 bits per heavy atom. The fraction of sp³-hybridized carbons (Fsp3) is 0.400. The number of halogens is 2. The highest BCUT2D eigenvalue weighted by Gasteiger charge is 2.15. The first-order valence-electron chi connectivity index (χ1n) is 4.48. The van der Waals surface area contributed by atoms with E-state index in [4.69, 9.17) is 0 Å².